The Balaban J connectivity index is 3.01. The molecule has 0 N–H and O–H groups in total. The molecule has 0 bridgehead atoms. The van der Waals surface area contributed by atoms with E-state index in [1.165, 1.54) is 12.1 Å². The molecule has 6 heteroatoms. The van der Waals surface area contributed by atoms with Crippen LogP contribution in [0.25, 0.3) is 0 Å². The predicted molar refractivity (Wildman–Crippen MR) is 63.2 cm³/mol. The van der Waals surface area contributed by atoms with Crippen LogP contribution < -0.4 is 0 Å². The lowest BCUT2D eigenvalue weighted by atomic mass is 9.99. The lowest BCUT2D eigenvalue weighted by Crippen LogP contribution is -2.39. The second-order valence-corrected chi connectivity index (χ2v) is 5.22. The Morgan fingerprint density at radius 3 is 1.61 bits per heavy atom. The van der Waals surface area contributed by atoms with Crippen molar-refractivity contribution in [3.8, 4) is 0 Å². The number of halogens is 6. The minimum atomic E-state index is -5.57. The Bertz CT molecular complexity index is 394. The first kappa shape index (κ1) is 15.4. The summed E-state index contributed by atoms with van der Waals surface area (Å²) in [4.78, 5) is -2.08. The summed E-state index contributed by atoms with van der Waals surface area (Å²) in [5, 5.41) is 0. The van der Waals surface area contributed by atoms with Crippen LogP contribution in [0.5, 0.6) is 0 Å². The van der Waals surface area contributed by atoms with Gasteiger partial charge in [-0.05, 0) is 17.0 Å². The zero-order valence-electron chi connectivity index (χ0n) is 9.73. The highest BCUT2D eigenvalue weighted by Crippen LogP contribution is 2.48. The maximum Gasteiger partial charge on any atom is 0.454 e. The van der Waals surface area contributed by atoms with Gasteiger partial charge in [0.2, 0.25) is 0 Å². The lowest BCUT2D eigenvalue weighted by Gasteiger charge is -2.25. The fraction of sp³-hybridized carbons (Fsp3) is 0.500. The number of rotatable bonds is 3. The average Bonchev–Trinajstić information content (AvgIpc) is 2.26. The van der Waals surface area contributed by atoms with Crippen LogP contribution in [0.4, 0.5) is 22.0 Å². The van der Waals surface area contributed by atoms with Gasteiger partial charge >= 0.3 is 12.1 Å². The van der Waals surface area contributed by atoms with E-state index < -0.39 is 16.9 Å². The Labute approximate surface area is 110 Å². The molecule has 1 unspecified atom stereocenters. The van der Waals surface area contributed by atoms with Crippen LogP contribution >= 0.6 is 15.9 Å². The van der Waals surface area contributed by atoms with Gasteiger partial charge in [-0.25, -0.2) is 0 Å². The molecule has 0 radical (unpaired) electrons. The minimum absolute atomic E-state index is 0.0956. The number of benzene rings is 1. The van der Waals surface area contributed by atoms with E-state index in [4.69, 9.17) is 0 Å². The fourth-order valence-corrected chi connectivity index (χ4v) is 1.97. The summed E-state index contributed by atoms with van der Waals surface area (Å²) in [7, 11) is 0. The summed E-state index contributed by atoms with van der Waals surface area (Å²) in [5.74, 6) is -4.61. The van der Waals surface area contributed by atoms with E-state index in [2.05, 4.69) is 15.9 Å². The van der Waals surface area contributed by atoms with Gasteiger partial charge in [0.15, 0.2) is 0 Å². The smallest absolute Gasteiger partial charge is 0.195 e. The van der Waals surface area contributed by atoms with Crippen molar-refractivity contribution in [3.05, 3.63) is 35.4 Å². The quantitative estimate of drug-likeness (QED) is 0.511. The predicted octanol–water partition coefficient (Wildman–Crippen LogP) is 5.44. The van der Waals surface area contributed by atoms with Gasteiger partial charge in [-0.3, -0.25) is 0 Å². The highest BCUT2D eigenvalue weighted by Gasteiger charge is 2.62. The van der Waals surface area contributed by atoms with E-state index in [1.807, 2.05) is 13.8 Å². The van der Waals surface area contributed by atoms with Gasteiger partial charge in [0.05, 0.1) is 0 Å². The van der Waals surface area contributed by atoms with E-state index in [9.17, 15) is 22.0 Å². The molecule has 0 fully saturated rings. The molecule has 0 saturated carbocycles. The fourth-order valence-electron chi connectivity index (χ4n) is 1.40. The van der Waals surface area contributed by atoms with Crippen molar-refractivity contribution in [1.82, 2.24) is 0 Å². The molecule has 0 saturated heterocycles. The van der Waals surface area contributed by atoms with Crippen LogP contribution in [-0.4, -0.2) is 12.1 Å². The van der Waals surface area contributed by atoms with E-state index in [0.717, 1.165) is 5.56 Å². The normalized spacial score (nSPS) is 14.9. The Kier molecular flexibility index (Phi) is 4.41. The van der Waals surface area contributed by atoms with Gasteiger partial charge < -0.3 is 0 Å². The Morgan fingerprint density at radius 1 is 0.889 bits per heavy atom. The van der Waals surface area contributed by atoms with Crippen molar-refractivity contribution >= 4 is 15.9 Å². The molecule has 1 atom stereocenters. The van der Waals surface area contributed by atoms with Crippen LogP contribution in [0.2, 0.25) is 0 Å². The largest absolute Gasteiger partial charge is 0.454 e. The third kappa shape index (κ3) is 3.02. The molecule has 1 rings (SSSR count). The van der Waals surface area contributed by atoms with E-state index in [-0.39, 0.29) is 11.5 Å². The summed E-state index contributed by atoms with van der Waals surface area (Å²) in [6.45, 7) is 3.82. The summed E-state index contributed by atoms with van der Waals surface area (Å²) < 4.78 is 62.8. The topological polar surface area (TPSA) is 0 Å². The molecular weight excluding hydrogens is 319 g/mol. The molecular formula is C12H12BrF5. The van der Waals surface area contributed by atoms with Crippen LogP contribution in [0.3, 0.4) is 0 Å². The molecule has 0 spiro atoms. The maximum atomic E-state index is 13.1. The second-order valence-electron chi connectivity index (χ2n) is 4.30. The molecule has 102 valence electrons. The summed E-state index contributed by atoms with van der Waals surface area (Å²) >= 11 is 2.43. The molecule has 0 aliphatic carbocycles. The molecule has 0 aromatic heterocycles. The van der Waals surface area contributed by atoms with E-state index >= 15 is 0 Å². The van der Waals surface area contributed by atoms with Gasteiger partial charge in [-0.1, -0.05) is 54.0 Å². The van der Waals surface area contributed by atoms with Gasteiger partial charge in [0.1, 0.15) is 4.83 Å². The van der Waals surface area contributed by atoms with Gasteiger partial charge in [-0.2, -0.15) is 22.0 Å². The SMILES string of the molecule is CC(C)c1ccc(C(Br)C(F)(F)C(F)(F)F)cc1. The molecule has 1 aromatic rings. The molecule has 0 amide bonds. The monoisotopic (exact) mass is 330 g/mol. The summed E-state index contributed by atoms with van der Waals surface area (Å²) in [6, 6.07) is 5.68. The number of hydrogen-bond donors (Lipinski definition) is 0. The number of hydrogen-bond acceptors (Lipinski definition) is 0. The first-order chi connectivity index (χ1) is 8.07. The Hall–Kier alpha value is -0.650. The standard InChI is InChI=1S/C12H12BrF5/c1-7(2)8-3-5-9(6-4-8)10(13)11(14,15)12(16,17)18/h3-7,10H,1-2H3. The van der Waals surface area contributed by atoms with Gasteiger partial charge in [-0.15, -0.1) is 0 Å². The zero-order valence-corrected chi connectivity index (χ0v) is 11.3. The molecule has 18 heavy (non-hydrogen) atoms. The average molecular weight is 331 g/mol. The third-order valence-electron chi connectivity index (χ3n) is 2.59. The number of alkyl halides is 6. The van der Waals surface area contributed by atoms with Crippen molar-refractivity contribution in [2.45, 2.75) is 36.7 Å². The first-order valence-corrected chi connectivity index (χ1v) is 6.17. The maximum absolute atomic E-state index is 13.1. The zero-order chi connectivity index (χ0) is 14.1. The third-order valence-corrected chi connectivity index (χ3v) is 3.70. The molecule has 0 nitrogen and oxygen atoms in total. The van der Waals surface area contributed by atoms with E-state index in [0.29, 0.717) is 0 Å². The van der Waals surface area contributed by atoms with Crippen molar-refractivity contribution in [1.29, 1.82) is 0 Å². The van der Waals surface area contributed by atoms with Crippen LogP contribution in [-0.2, 0) is 0 Å². The van der Waals surface area contributed by atoms with Crippen LogP contribution in [0.1, 0.15) is 35.7 Å². The van der Waals surface area contributed by atoms with Crippen LogP contribution in [0, 0.1) is 0 Å². The highest BCUT2D eigenvalue weighted by molar-refractivity contribution is 9.09. The first-order valence-electron chi connectivity index (χ1n) is 5.26. The van der Waals surface area contributed by atoms with Crippen molar-refractivity contribution in [3.63, 3.8) is 0 Å². The summed E-state index contributed by atoms with van der Waals surface area (Å²) in [5.41, 5.74) is 0.788. The molecule has 0 heterocycles. The summed E-state index contributed by atoms with van der Waals surface area (Å²) in [6.07, 6.45) is -5.57. The van der Waals surface area contributed by atoms with Gasteiger partial charge in [0.25, 0.3) is 0 Å². The molecule has 0 aliphatic rings. The molecule has 1 aromatic carbocycles. The van der Waals surface area contributed by atoms with Crippen molar-refractivity contribution < 1.29 is 22.0 Å². The van der Waals surface area contributed by atoms with Crippen molar-refractivity contribution in [2.75, 3.05) is 0 Å². The molecule has 0 aliphatic heterocycles. The van der Waals surface area contributed by atoms with Crippen molar-refractivity contribution in [2.24, 2.45) is 0 Å². The highest BCUT2D eigenvalue weighted by atomic mass is 79.9. The van der Waals surface area contributed by atoms with E-state index in [1.54, 1.807) is 12.1 Å². The minimum Gasteiger partial charge on any atom is -0.195 e. The lowest BCUT2D eigenvalue weighted by molar-refractivity contribution is -0.281. The van der Waals surface area contributed by atoms with Crippen LogP contribution in [0.15, 0.2) is 24.3 Å². The van der Waals surface area contributed by atoms with Gasteiger partial charge in [0, 0.05) is 0 Å². The Morgan fingerprint density at radius 2 is 1.28 bits per heavy atom. The second kappa shape index (κ2) is 5.15.